The van der Waals surface area contributed by atoms with Crippen LogP contribution in [-0.2, 0) is 52.2 Å². The van der Waals surface area contributed by atoms with Gasteiger partial charge in [0.1, 0.15) is 42.6 Å². The number of ether oxygens (including phenoxy) is 9. The summed E-state index contributed by atoms with van der Waals surface area (Å²) in [4.78, 5) is 25.6. The third-order valence-corrected chi connectivity index (χ3v) is 13.5. The molecule has 50 heavy (non-hydrogen) atoms. The maximum atomic E-state index is 13.9. The molecule has 6 unspecified atom stereocenters. The smallest absolute Gasteiger partial charge is 0.172 e. The van der Waals surface area contributed by atoms with Crippen molar-refractivity contribution in [2.45, 2.75) is 188 Å². The Labute approximate surface area is 295 Å². The van der Waals surface area contributed by atoms with E-state index in [0.717, 1.165) is 62.4 Å². The van der Waals surface area contributed by atoms with Crippen LogP contribution in [0.2, 0.25) is 0 Å². The topological polar surface area (TPSA) is 117 Å². The molecule has 0 aromatic heterocycles. The predicted molar refractivity (Wildman–Crippen MR) is 177 cm³/mol. The van der Waals surface area contributed by atoms with Gasteiger partial charge in [0.25, 0.3) is 0 Å². The highest BCUT2D eigenvalue weighted by atomic mass is 16.8. The second-order valence-electron chi connectivity index (χ2n) is 16.7. The Hall–Kier alpha value is -1.54. The second-order valence-corrected chi connectivity index (χ2v) is 16.7. The van der Waals surface area contributed by atoms with Crippen molar-refractivity contribution in [2.75, 3.05) is 7.11 Å². The summed E-state index contributed by atoms with van der Waals surface area (Å²) < 4.78 is 59.6. The number of hydrogen-bond acceptors (Lipinski definition) is 11. The summed E-state index contributed by atoms with van der Waals surface area (Å²) in [6, 6.07) is 0. The molecule has 0 saturated carbocycles. The van der Waals surface area contributed by atoms with Gasteiger partial charge in [-0.2, -0.15) is 0 Å². The molecule has 10 rings (SSSR count). The lowest BCUT2D eigenvalue weighted by Gasteiger charge is -2.47. The highest BCUT2D eigenvalue weighted by molar-refractivity contribution is 5.79. The zero-order valence-electron chi connectivity index (χ0n) is 29.5. The van der Waals surface area contributed by atoms with Crippen molar-refractivity contribution in [3.63, 3.8) is 0 Å². The van der Waals surface area contributed by atoms with Crippen molar-refractivity contribution in [1.82, 2.24) is 0 Å². The average Bonchev–Trinajstić information content (AvgIpc) is 3.76. The summed E-state index contributed by atoms with van der Waals surface area (Å²) in [6.07, 6.45) is 6.39. The van der Waals surface area contributed by atoms with Crippen LogP contribution in [0.1, 0.15) is 90.4 Å². The number of fused-ring (bicyclic) bond motifs is 6. The van der Waals surface area contributed by atoms with Gasteiger partial charge >= 0.3 is 0 Å². The molecule has 0 N–H and O–H groups in total. The number of aldehydes is 1. The van der Waals surface area contributed by atoms with E-state index in [9.17, 15) is 9.59 Å². The van der Waals surface area contributed by atoms with E-state index in [4.69, 9.17) is 42.6 Å². The van der Waals surface area contributed by atoms with E-state index in [1.807, 2.05) is 0 Å². The van der Waals surface area contributed by atoms with E-state index in [1.165, 1.54) is 0 Å². The molecule has 276 valence electrons. The fraction of sp³-hybridized carbons (Fsp3) is 0.846. The molecule has 18 atom stereocenters. The lowest BCUT2D eigenvalue weighted by molar-refractivity contribution is -0.292. The van der Waals surface area contributed by atoms with Gasteiger partial charge < -0.3 is 47.4 Å². The Kier molecular flexibility index (Phi) is 9.17. The van der Waals surface area contributed by atoms with Crippen LogP contribution in [0, 0.1) is 11.8 Å². The van der Waals surface area contributed by atoms with Crippen molar-refractivity contribution < 1.29 is 52.2 Å². The van der Waals surface area contributed by atoms with E-state index in [2.05, 4.69) is 20.1 Å². The van der Waals surface area contributed by atoms with E-state index < -0.39 is 11.9 Å². The number of rotatable bonds is 3. The van der Waals surface area contributed by atoms with Crippen LogP contribution >= 0.6 is 0 Å². The van der Waals surface area contributed by atoms with Gasteiger partial charge in [-0.3, -0.25) is 4.79 Å². The largest absolute Gasteiger partial charge is 0.378 e. The second kappa shape index (κ2) is 13.4. The first-order chi connectivity index (χ1) is 24.2. The van der Waals surface area contributed by atoms with Gasteiger partial charge in [-0.15, -0.1) is 0 Å². The molecule has 12 bridgehead atoms. The molecular weight excluding hydrogens is 644 g/mol. The van der Waals surface area contributed by atoms with Crippen LogP contribution in [0.4, 0.5) is 0 Å². The molecule has 10 heterocycles. The maximum Gasteiger partial charge on any atom is 0.172 e. The average molecular weight is 699 g/mol. The number of methoxy groups -OCH3 is 1. The molecule has 0 amide bonds. The minimum atomic E-state index is -0.776. The van der Waals surface area contributed by atoms with E-state index in [1.54, 1.807) is 7.11 Å². The summed E-state index contributed by atoms with van der Waals surface area (Å²) >= 11 is 0. The van der Waals surface area contributed by atoms with Crippen LogP contribution in [0.25, 0.3) is 0 Å². The van der Waals surface area contributed by atoms with Crippen molar-refractivity contribution in [2.24, 2.45) is 11.8 Å². The molecule has 0 aromatic carbocycles. The summed E-state index contributed by atoms with van der Waals surface area (Å²) in [7, 11) is 1.64. The number of carbonyl (C=O) groups is 2. The van der Waals surface area contributed by atoms with Crippen LogP contribution in [0.5, 0.6) is 0 Å². The van der Waals surface area contributed by atoms with Crippen LogP contribution < -0.4 is 0 Å². The lowest BCUT2D eigenvalue weighted by Crippen LogP contribution is -2.61. The number of hydrogen-bond donors (Lipinski definition) is 0. The van der Waals surface area contributed by atoms with Crippen molar-refractivity contribution in [1.29, 1.82) is 0 Å². The molecule has 0 radical (unpaired) electrons. The van der Waals surface area contributed by atoms with Crippen molar-refractivity contribution in [3.05, 3.63) is 24.3 Å². The van der Waals surface area contributed by atoms with E-state index in [0.29, 0.717) is 19.3 Å². The molecule has 0 aromatic rings. The normalized spacial score (nSPS) is 53.2. The highest BCUT2D eigenvalue weighted by Crippen LogP contribution is 2.54. The first-order valence-electron chi connectivity index (χ1n) is 19.3. The Morgan fingerprint density at radius 1 is 0.760 bits per heavy atom. The molecule has 10 saturated heterocycles. The van der Waals surface area contributed by atoms with Gasteiger partial charge in [0.15, 0.2) is 5.79 Å². The Balaban J connectivity index is 0.996. The van der Waals surface area contributed by atoms with Crippen molar-refractivity contribution in [3.8, 4) is 0 Å². The first kappa shape index (κ1) is 34.2. The monoisotopic (exact) mass is 698 g/mol. The van der Waals surface area contributed by atoms with Gasteiger partial charge in [0, 0.05) is 51.6 Å². The number of carbonyl (C=O) groups excluding carboxylic acids is 2. The zero-order valence-corrected chi connectivity index (χ0v) is 29.5. The van der Waals surface area contributed by atoms with Gasteiger partial charge in [0.05, 0.1) is 61.0 Å². The fourth-order valence-electron chi connectivity index (χ4n) is 11.0. The summed E-state index contributed by atoms with van der Waals surface area (Å²) in [5, 5.41) is 0. The van der Waals surface area contributed by atoms with Crippen molar-refractivity contribution >= 4 is 12.1 Å². The van der Waals surface area contributed by atoms with Crippen LogP contribution in [0.15, 0.2) is 24.3 Å². The van der Waals surface area contributed by atoms with Gasteiger partial charge in [-0.1, -0.05) is 20.1 Å². The van der Waals surface area contributed by atoms with Crippen LogP contribution in [-0.4, -0.2) is 117 Å². The lowest BCUT2D eigenvalue weighted by atomic mass is 9.81. The summed E-state index contributed by atoms with van der Waals surface area (Å²) in [5.41, 5.74) is 2.20. The van der Waals surface area contributed by atoms with E-state index in [-0.39, 0.29) is 122 Å². The quantitative estimate of drug-likeness (QED) is 0.310. The standard InChI is InChI=1S/C39H54O11/c1-19-13-23-5-7-27-20(2)14-25(43-27)9-11-39-18-32-35(49-39)36-37(48-32)38(50-39)34-28(47-36)8-6-24(45-34)15-22(41)16-26-31(17-30(44-23)21(19)3)46-29(10-12-40)33(26)42-4/h12,19,23-38H,2-3,5-11,13-18H2,1,4H3/t19-,23+,24?,25?,26?,27?,28+,29-,30?,31+,32?,33-,34+,35+,36+,37-,38+,39+/m1/s1. The minimum Gasteiger partial charge on any atom is -0.378 e. The zero-order chi connectivity index (χ0) is 34.3. The number of ketones is 1. The Morgan fingerprint density at radius 3 is 2.36 bits per heavy atom. The molecular formula is C39H54O11. The van der Waals surface area contributed by atoms with Gasteiger partial charge in [0.2, 0.25) is 0 Å². The number of Topliss-reactive ketones (excluding diaryl/α,β-unsaturated/α-hetero) is 1. The van der Waals surface area contributed by atoms with E-state index >= 15 is 0 Å². The Morgan fingerprint density at radius 2 is 1.52 bits per heavy atom. The fourth-order valence-corrected chi connectivity index (χ4v) is 11.0. The third-order valence-electron chi connectivity index (χ3n) is 13.5. The van der Waals surface area contributed by atoms with Gasteiger partial charge in [-0.05, 0) is 62.0 Å². The van der Waals surface area contributed by atoms with Gasteiger partial charge in [-0.25, -0.2) is 0 Å². The molecule has 10 aliphatic rings. The molecule has 0 aliphatic carbocycles. The van der Waals surface area contributed by atoms with Crippen LogP contribution in [0.3, 0.4) is 0 Å². The minimum absolute atomic E-state index is 0.0117. The predicted octanol–water partition coefficient (Wildman–Crippen LogP) is 4.32. The Bertz CT molecular complexity index is 1350. The molecule has 1 spiro atoms. The summed E-state index contributed by atoms with van der Waals surface area (Å²) in [6.45, 7) is 11.1. The molecule has 10 fully saturated rings. The molecule has 10 aliphatic heterocycles. The maximum absolute atomic E-state index is 13.9. The first-order valence-corrected chi connectivity index (χ1v) is 19.3. The molecule has 11 nitrogen and oxygen atoms in total. The highest BCUT2D eigenvalue weighted by Gasteiger charge is 2.68. The SMILES string of the molecule is C=C1CC2CC[C@@]34CC5O[C@H]6[C@@H](O3)[C@H]3OC(CC[C@@H]3O[C@H]6[C@H]5O4)CC(=O)CC3[C@H](CC4O[C@@H](CCC1O2)C[C@@H](C)C4=C)O[C@H](CC=O)[C@@H]3OC. The molecule has 11 heteroatoms. The summed E-state index contributed by atoms with van der Waals surface area (Å²) in [5.74, 6) is -0.608. The third kappa shape index (κ3) is 6.00.